The molecule has 0 heterocycles. The predicted molar refractivity (Wildman–Crippen MR) is 62.3 cm³/mol. The summed E-state index contributed by atoms with van der Waals surface area (Å²) >= 11 is 0. The number of hydrogen-bond acceptors (Lipinski definition) is 2. The largest absolute Gasteiger partial charge is 0.496 e. The number of carbonyl (C=O) groups is 1. The Bertz CT molecular complexity index is 313. The maximum Gasteiger partial charge on any atom is 0.496 e. The maximum atomic E-state index is 12.6. The number of halogens is 1. The Morgan fingerprint density at radius 3 is 1.88 bits per heavy atom. The van der Waals surface area contributed by atoms with E-state index in [1.54, 1.807) is 0 Å². The van der Waals surface area contributed by atoms with E-state index in [2.05, 4.69) is 0 Å². The van der Waals surface area contributed by atoms with E-state index in [-0.39, 0.29) is 5.41 Å². The van der Waals surface area contributed by atoms with Gasteiger partial charge in [0.15, 0.2) is 0 Å². The van der Waals surface area contributed by atoms with Crippen molar-refractivity contribution in [1.29, 1.82) is 0 Å². The normalized spacial score (nSPS) is 43.8. The van der Waals surface area contributed by atoms with Gasteiger partial charge in [-0.3, -0.25) is 0 Å². The van der Waals surface area contributed by atoms with Crippen LogP contribution in [0, 0.1) is 23.2 Å². The SMILES string of the molecule is CC(C)(OC(=O)F)C12CC3CC(CC(C3)C1)C2. The molecule has 0 atom stereocenters. The molecule has 4 bridgehead atoms. The van der Waals surface area contributed by atoms with Crippen LogP contribution in [0.5, 0.6) is 0 Å². The zero-order valence-electron chi connectivity index (χ0n) is 10.7. The van der Waals surface area contributed by atoms with Gasteiger partial charge in [-0.1, -0.05) is 0 Å². The molecule has 0 unspecified atom stereocenters. The van der Waals surface area contributed by atoms with Crippen LogP contribution in [0.2, 0.25) is 0 Å². The minimum absolute atomic E-state index is 0.0451. The molecule has 0 aromatic heterocycles. The quantitative estimate of drug-likeness (QED) is 0.679. The smallest absolute Gasteiger partial charge is 0.434 e. The van der Waals surface area contributed by atoms with Crippen LogP contribution < -0.4 is 0 Å². The zero-order valence-corrected chi connectivity index (χ0v) is 10.7. The van der Waals surface area contributed by atoms with Gasteiger partial charge in [0.25, 0.3) is 0 Å². The van der Waals surface area contributed by atoms with E-state index in [1.807, 2.05) is 13.8 Å². The van der Waals surface area contributed by atoms with E-state index in [1.165, 1.54) is 19.3 Å². The van der Waals surface area contributed by atoms with E-state index >= 15 is 0 Å². The molecular formula is C14H21FO2. The standard InChI is InChI=1S/C14H21FO2/c1-13(2,17-12(15)16)14-6-9-3-10(7-14)5-11(4-9)8-14/h9-11H,3-8H2,1-2H3. The molecule has 0 aromatic carbocycles. The highest BCUT2D eigenvalue weighted by molar-refractivity contribution is 5.58. The first-order valence-corrected chi connectivity index (χ1v) is 6.79. The third-order valence-corrected chi connectivity index (χ3v) is 5.65. The Balaban J connectivity index is 1.88. The molecule has 0 N–H and O–H groups in total. The fourth-order valence-electron chi connectivity index (χ4n) is 5.16. The highest BCUT2D eigenvalue weighted by Gasteiger charge is 2.58. The molecule has 0 aromatic rings. The summed E-state index contributed by atoms with van der Waals surface area (Å²) in [6.45, 7) is 3.80. The molecule has 0 aliphatic heterocycles. The summed E-state index contributed by atoms with van der Waals surface area (Å²) in [6.07, 6.45) is 5.79. The molecule has 96 valence electrons. The van der Waals surface area contributed by atoms with Gasteiger partial charge < -0.3 is 4.74 Å². The molecule has 17 heavy (non-hydrogen) atoms. The second-order valence-electron chi connectivity index (χ2n) is 7.05. The topological polar surface area (TPSA) is 26.3 Å². The molecule has 0 spiro atoms. The van der Waals surface area contributed by atoms with Gasteiger partial charge in [-0.05, 0) is 70.1 Å². The van der Waals surface area contributed by atoms with Crippen molar-refractivity contribution in [2.75, 3.05) is 0 Å². The molecule has 4 aliphatic carbocycles. The first kappa shape index (κ1) is 11.5. The minimum Gasteiger partial charge on any atom is -0.434 e. The van der Waals surface area contributed by atoms with Crippen LogP contribution in [-0.4, -0.2) is 11.8 Å². The molecule has 4 rings (SSSR count). The zero-order chi connectivity index (χ0) is 12.3. The fraction of sp³-hybridized carbons (Fsp3) is 0.929. The molecule has 3 heteroatoms. The van der Waals surface area contributed by atoms with Crippen LogP contribution in [0.25, 0.3) is 0 Å². The molecule has 4 aliphatic rings. The molecule has 2 nitrogen and oxygen atoms in total. The van der Waals surface area contributed by atoms with Gasteiger partial charge >= 0.3 is 6.22 Å². The number of ether oxygens (including phenoxy) is 1. The van der Waals surface area contributed by atoms with E-state index in [0.717, 1.165) is 37.0 Å². The molecular weight excluding hydrogens is 219 g/mol. The fourth-order valence-corrected chi connectivity index (χ4v) is 5.16. The monoisotopic (exact) mass is 240 g/mol. The van der Waals surface area contributed by atoms with Crippen LogP contribution in [-0.2, 0) is 4.74 Å². The van der Waals surface area contributed by atoms with Crippen molar-refractivity contribution in [1.82, 2.24) is 0 Å². The Kier molecular flexibility index (Phi) is 2.34. The molecule has 0 amide bonds. The van der Waals surface area contributed by atoms with Crippen molar-refractivity contribution in [3.05, 3.63) is 0 Å². The minimum atomic E-state index is -1.62. The van der Waals surface area contributed by atoms with Crippen molar-refractivity contribution in [2.45, 2.75) is 58.0 Å². The first-order chi connectivity index (χ1) is 7.90. The molecule has 4 fully saturated rings. The average molecular weight is 240 g/mol. The van der Waals surface area contributed by atoms with E-state index in [0.29, 0.717) is 0 Å². The van der Waals surface area contributed by atoms with Crippen LogP contribution in [0.15, 0.2) is 0 Å². The van der Waals surface area contributed by atoms with E-state index in [4.69, 9.17) is 4.74 Å². The molecule has 0 radical (unpaired) electrons. The van der Waals surface area contributed by atoms with Gasteiger partial charge in [-0.25, -0.2) is 4.79 Å². The summed E-state index contributed by atoms with van der Waals surface area (Å²) in [6, 6.07) is 0. The summed E-state index contributed by atoms with van der Waals surface area (Å²) in [5.74, 6) is 2.37. The third-order valence-electron chi connectivity index (χ3n) is 5.65. The van der Waals surface area contributed by atoms with Gasteiger partial charge in [0.1, 0.15) is 5.60 Å². The molecule has 0 saturated heterocycles. The van der Waals surface area contributed by atoms with Gasteiger partial charge in [-0.2, -0.15) is 0 Å². The number of hydrogen-bond donors (Lipinski definition) is 0. The van der Waals surface area contributed by atoms with Crippen molar-refractivity contribution in [3.8, 4) is 0 Å². The summed E-state index contributed by atoms with van der Waals surface area (Å²) < 4.78 is 17.6. The van der Waals surface area contributed by atoms with Crippen LogP contribution in [0.1, 0.15) is 52.4 Å². The van der Waals surface area contributed by atoms with Crippen molar-refractivity contribution < 1.29 is 13.9 Å². The van der Waals surface area contributed by atoms with Gasteiger partial charge in [0, 0.05) is 5.41 Å². The average Bonchev–Trinajstić information content (AvgIpc) is 2.12. The Morgan fingerprint density at radius 1 is 1.12 bits per heavy atom. The lowest BCUT2D eigenvalue weighted by Crippen LogP contribution is -2.57. The van der Waals surface area contributed by atoms with Crippen molar-refractivity contribution in [3.63, 3.8) is 0 Å². The third kappa shape index (κ3) is 1.69. The summed E-state index contributed by atoms with van der Waals surface area (Å²) in [7, 11) is 0. The van der Waals surface area contributed by atoms with Crippen molar-refractivity contribution >= 4 is 6.22 Å². The number of rotatable bonds is 2. The second-order valence-corrected chi connectivity index (χ2v) is 7.05. The van der Waals surface area contributed by atoms with Gasteiger partial charge in [0.05, 0.1) is 0 Å². The Morgan fingerprint density at radius 2 is 1.53 bits per heavy atom. The highest BCUT2D eigenvalue weighted by Crippen LogP contribution is 2.64. The lowest BCUT2D eigenvalue weighted by Gasteiger charge is -2.61. The maximum absolute atomic E-state index is 12.6. The predicted octanol–water partition coefficient (Wildman–Crippen LogP) is 4.09. The summed E-state index contributed by atoms with van der Waals surface area (Å²) in [5, 5.41) is 0. The van der Waals surface area contributed by atoms with Crippen LogP contribution >= 0.6 is 0 Å². The molecule has 4 saturated carbocycles. The lowest BCUT2D eigenvalue weighted by molar-refractivity contribution is -0.166. The first-order valence-electron chi connectivity index (χ1n) is 6.79. The second kappa shape index (κ2) is 3.46. The van der Waals surface area contributed by atoms with Crippen molar-refractivity contribution in [2.24, 2.45) is 23.2 Å². The Labute approximate surface area is 102 Å². The summed E-state index contributed by atoms with van der Waals surface area (Å²) in [5.41, 5.74) is -0.599. The van der Waals surface area contributed by atoms with E-state index < -0.39 is 11.8 Å². The van der Waals surface area contributed by atoms with Crippen LogP contribution in [0.3, 0.4) is 0 Å². The summed E-state index contributed by atoms with van der Waals surface area (Å²) in [4.78, 5) is 10.7. The van der Waals surface area contributed by atoms with Gasteiger partial charge in [0.2, 0.25) is 0 Å². The highest BCUT2D eigenvalue weighted by atomic mass is 19.1. The van der Waals surface area contributed by atoms with Crippen LogP contribution in [0.4, 0.5) is 9.18 Å². The lowest BCUT2D eigenvalue weighted by atomic mass is 9.46. The number of carbonyl (C=O) groups excluding carboxylic acids is 1. The van der Waals surface area contributed by atoms with E-state index in [9.17, 15) is 9.18 Å². The van der Waals surface area contributed by atoms with Gasteiger partial charge in [-0.15, -0.1) is 4.39 Å². The Hall–Kier alpha value is -0.600.